The minimum absolute atomic E-state index is 0.127. The molecule has 14 heavy (non-hydrogen) atoms. The lowest BCUT2D eigenvalue weighted by Crippen LogP contribution is -2.29. The van der Waals surface area contributed by atoms with Crippen molar-refractivity contribution in [1.29, 1.82) is 0 Å². The number of benzene rings is 1. The average Bonchev–Trinajstić information content (AvgIpc) is 2.26. The van der Waals surface area contributed by atoms with Gasteiger partial charge in [-0.1, -0.05) is 37.3 Å². The molecule has 2 atom stereocenters. The maximum atomic E-state index is 5.67. The molecule has 1 rings (SSSR count). The number of rotatable bonds is 5. The van der Waals surface area contributed by atoms with Gasteiger partial charge in [-0.05, 0) is 12.5 Å². The molecule has 0 aromatic heterocycles. The molecule has 0 bridgehead atoms. The van der Waals surface area contributed by atoms with Crippen molar-refractivity contribution in [3.05, 3.63) is 35.9 Å². The van der Waals surface area contributed by atoms with E-state index in [9.17, 15) is 0 Å². The molecule has 1 aromatic rings. The van der Waals surface area contributed by atoms with E-state index in [-0.39, 0.29) is 6.10 Å². The lowest BCUT2D eigenvalue weighted by atomic mass is 9.95. The van der Waals surface area contributed by atoms with Crippen molar-refractivity contribution in [1.82, 2.24) is 0 Å². The maximum absolute atomic E-state index is 5.67. The third-order valence-electron chi connectivity index (χ3n) is 2.50. The molecular formula is C12H19NO. The number of nitrogens with two attached hydrogens (primary N) is 1. The highest BCUT2D eigenvalue weighted by Crippen LogP contribution is 2.20. The van der Waals surface area contributed by atoms with Crippen molar-refractivity contribution in [3.8, 4) is 0 Å². The molecule has 0 aliphatic carbocycles. The standard InChI is InChI=1S/C12H19NO/c1-3-14-12(9-13)10(2)11-7-5-4-6-8-11/h4-8,10,12H,3,9,13H2,1-2H3. The van der Waals surface area contributed by atoms with E-state index in [0.29, 0.717) is 12.5 Å². The van der Waals surface area contributed by atoms with Crippen LogP contribution >= 0.6 is 0 Å². The molecule has 2 heteroatoms. The molecule has 2 unspecified atom stereocenters. The Morgan fingerprint density at radius 1 is 1.29 bits per heavy atom. The second-order valence-corrected chi connectivity index (χ2v) is 3.43. The monoisotopic (exact) mass is 193 g/mol. The van der Waals surface area contributed by atoms with Crippen LogP contribution < -0.4 is 5.73 Å². The van der Waals surface area contributed by atoms with Crippen LogP contribution in [0.15, 0.2) is 30.3 Å². The summed E-state index contributed by atoms with van der Waals surface area (Å²) in [5, 5.41) is 0. The molecule has 78 valence electrons. The van der Waals surface area contributed by atoms with Gasteiger partial charge in [-0.15, -0.1) is 0 Å². The largest absolute Gasteiger partial charge is 0.377 e. The fourth-order valence-corrected chi connectivity index (χ4v) is 1.60. The summed E-state index contributed by atoms with van der Waals surface area (Å²) in [6, 6.07) is 10.4. The van der Waals surface area contributed by atoms with E-state index in [1.165, 1.54) is 5.56 Å². The molecule has 0 radical (unpaired) electrons. The Kier molecular flexibility index (Phi) is 4.63. The van der Waals surface area contributed by atoms with Crippen LogP contribution in [0.3, 0.4) is 0 Å². The van der Waals surface area contributed by atoms with Crippen LogP contribution in [0.25, 0.3) is 0 Å². The Morgan fingerprint density at radius 2 is 1.93 bits per heavy atom. The van der Waals surface area contributed by atoms with Crippen molar-refractivity contribution in [3.63, 3.8) is 0 Å². The highest BCUT2D eigenvalue weighted by molar-refractivity contribution is 5.20. The summed E-state index contributed by atoms with van der Waals surface area (Å²) in [6.45, 7) is 5.45. The molecule has 2 N–H and O–H groups in total. The lowest BCUT2D eigenvalue weighted by Gasteiger charge is -2.22. The van der Waals surface area contributed by atoms with Crippen LogP contribution in [0.2, 0.25) is 0 Å². The van der Waals surface area contributed by atoms with Crippen LogP contribution in [0.5, 0.6) is 0 Å². The molecule has 2 nitrogen and oxygen atoms in total. The summed E-state index contributed by atoms with van der Waals surface area (Å²) in [5.41, 5.74) is 6.96. The first-order chi connectivity index (χ1) is 6.79. The lowest BCUT2D eigenvalue weighted by molar-refractivity contribution is 0.0530. The van der Waals surface area contributed by atoms with Gasteiger partial charge in [-0.3, -0.25) is 0 Å². The van der Waals surface area contributed by atoms with E-state index in [0.717, 1.165) is 6.61 Å². The van der Waals surface area contributed by atoms with E-state index in [2.05, 4.69) is 19.1 Å². The fourth-order valence-electron chi connectivity index (χ4n) is 1.60. The number of ether oxygens (including phenoxy) is 1. The van der Waals surface area contributed by atoms with Crippen molar-refractivity contribution >= 4 is 0 Å². The molecule has 0 heterocycles. The van der Waals surface area contributed by atoms with Crippen molar-refractivity contribution < 1.29 is 4.74 Å². The smallest absolute Gasteiger partial charge is 0.0762 e. The van der Waals surface area contributed by atoms with Gasteiger partial charge in [-0.25, -0.2) is 0 Å². The summed E-state index contributed by atoms with van der Waals surface area (Å²) in [7, 11) is 0. The first kappa shape index (κ1) is 11.2. The predicted molar refractivity (Wildman–Crippen MR) is 59.3 cm³/mol. The molecular weight excluding hydrogens is 174 g/mol. The van der Waals surface area contributed by atoms with Crippen LogP contribution in [-0.2, 0) is 4.74 Å². The Hall–Kier alpha value is -0.860. The molecule has 0 saturated heterocycles. The zero-order chi connectivity index (χ0) is 10.4. The second-order valence-electron chi connectivity index (χ2n) is 3.43. The maximum Gasteiger partial charge on any atom is 0.0762 e. The topological polar surface area (TPSA) is 35.2 Å². The van der Waals surface area contributed by atoms with Crippen LogP contribution in [0, 0.1) is 0 Å². The summed E-state index contributed by atoms with van der Waals surface area (Å²) in [6.07, 6.45) is 0.127. The Labute approximate surface area is 86.1 Å². The summed E-state index contributed by atoms with van der Waals surface area (Å²) in [4.78, 5) is 0. The Balaban J connectivity index is 2.67. The van der Waals surface area contributed by atoms with Gasteiger partial charge in [0, 0.05) is 19.1 Å². The van der Waals surface area contributed by atoms with Crippen LogP contribution in [0.4, 0.5) is 0 Å². The Morgan fingerprint density at radius 3 is 2.43 bits per heavy atom. The van der Waals surface area contributed by atoms with Gasteiger partial charge in [0.15, 0.2) is 0 Å². The summed E-state index contributed by atoms with van der Waals surface area (Å²) >= 11 is 0. The number of hydrogen-bond donors (Lipinski definition) is 1. The molecule has 1 aromatic carbocycles. The highest BCUT2D eigenvalue weighted by atomic mass is 16.5. The van der Waals surface area contributed by atoms with Crippen molar-refractivity contribution in [2.45, 2.75) is 25.9 Å². The van der Waals surface area contributed by atoms with Gasteiger partial charge in [0.1, 0.15) is 0 Å². The third-order valence-corrected chi connectivity index (χ3v) is 2.50. The zero-order valence-corrected chi connectivity index (χ0v) is 8.94. The van der Waals surface area contributed by atoms with Crippen molar-refractivity contribution in [2.75, 3.05) is 13.2 Å². The molecule has 0 amide bonds. The highest BCUT2D eigenvalue weighted by Gasteiger charge is 2.16. The molecule has 0 saturated carbocycles. The van der Waals surface area contributed by atoms with E-state index < -0.39 is 0 Å². The van der Waals surface area contributed by atoms with Gasteiger partial charge < -0.3 is 10.5 Å². The Bertz CT molecular complexity index is 248. The van der Waals surface area contributed by atoms with Gasteiger partial charge in [0.05, 0.1) is 6.10 Å². The third kappa shape index (κ3) is 2.82. The quantitative estimate of drug-likeness (QED) is 0.777. The molecule has 0 fully saturated rings. The minimum Gasteiger partial charge on any atom is -0.377 e. The SMILES string of the molecule is CCOC(CN)C(C)c1ccccc1. The average molecular weight is 193 g/mol. The van der Waals surface area contributed by atoms with Gasteiger partial charge in [0.2, 0.25) is 0 Å². The van der Waals surface area contributed by atoms with E-state index >= 15 is 0 Å². The fraction of sp³-hybridized carbons (Fsp3) is 0.500. The summed E-state index contributed by atoms with van der Waals surface area (Å²) < 4.78 is 5.58. The first-order valence-electron chi connectivity index (χ1n) is 5.16. The van der Waals surface area contributed by atoms with E-state index in [4.69, 9.17) is 10.5 Å². The van der Waals surface area contributed by atoms with Crippen LogP contribution in [-0.4, -0.2) is 19.3 Å². The van der Waals surface area contributed by atoms with Gasteiger partial charge in [0.25, 0.3) is 0 Å². The van der Waals surface area contributed by atoms with E-state index in [1.807, 2.05) is 25.1 Å². The molecule has 0 spiro atoms. The van der Waals surface area contributed by atoms with Gasteiger partial charge >= 0.3 is 0 Å². The summed E-state index contributed by atoms with van der Waals surface area (Å²) in [5.74, 6) is 0.362. The second kappa shape index (κ2) is 5.78. The molecule has 0 aliphatic heterocycles. The van der Waals surface area contributed by atoms with E-state index in [1.54, 1.807) is 0 Å². The zero-order valence-electron chi connectivity index (χ0n) is 8.94. The normalized spacial score (nSPS) is 15.1. The van der Waals surface area contributed by atoms with Crippen molar-refractivity contribution in [2.24, 2.45) is 5.73 Å². The first-order valence-corrected chi connectivity index (χ1v) is 5.16. The minimum atomic E-state index is 0.127. The van der Waals surface area contributed by atoms with Crippen LogP contribution in [0.1, 0.15) is 25.3 Å². The number of hydrogen-bond acceptors (Lipinski definition) is 2. The van der Waals surface area contributed by atoms with Gasteiger partial charge in [-0.2, -0.15) is 0 Å². The predicted octanol–water partition coefficient (Wildman–Crippen LogP) is 2.15. The molecule has 0 aliphatic rings.